The molecule has 4 nitrogen and oxygen atoms in total. The summed E-state index contributed by atoms with van der Waals surface area (Å²) in [7, 11) is 0. The number of nitrogen functional groups attached to an aromatic ring is 1. The lowest BCUT2D eigenvalue weighted by atomic mass is 10.2. The van der Waals surface area contributed by atoms with E-state index in [1.165, 1.54) is 0 Å². The van der Waals surface area contributed by atoms with Crippen molar-refractivity contribution in [2.75, 3.05) is 17.6 Å². The largest absolute Gasteiger partial charge is 0.399 e. The number of hydrogen-bond acceptors (Lipinski definition) is 2. The van der Waals surface area contributed by atoms with Crippen molar-refractivity contribution < 1.29 is 4.79 Å². The molecule has 0 bridgehead atoms. The van der Waals surface area contributed by atoms with Crippen molar-refractivity contribution in [1.82, 2.24) is 5.32 Å². The van der Waals surface area contributed by atoms with Gasteiger partial charge in [0.25, 0.3) is 0 Å². The average molecular weight is 221 g/mol. The highest BCUT2D eigenvalue weighted by atomic mass is 16.2. The van der Waals surface area contributed by atoms with Gasteiger partial charge in [-0.25, -0.2) is 4.79 Å². The molecule has 1 rings (SSSR count). The summed E-state index contributed by atoms with van der Waals surface area (Å²) in [6.07, 6.45) is 3.30. The summed E-state index contributed by atoms with van der Waals surface area (Å²) in [5.74, 6) is 0. The van der Waals surface area contributed by atoms with Crippen LogP contribution in [0.4, 0.5) is 16.2 Å². The van der Waals surface area contributed by atoms with Crippen molar-refractivity contribution in [2.45, 2.75) is 26.2 Å². The Balaban J connectivity index is 2.29. The lowest BCUT2D eigenvalue weighted by Gasteiger charge is -2.07. The van der Waals surface area contributed by atoms with Crippen LogP contribution in [0.15, 0.2) is 24.3 Å². The van der Waals surface area contributed by atoms with Gasteiger partial charge in [-0.1, -0.05) is 25.8 Å². The Labute approximate surface area is 96.2 Å². The van der Waals surface area contributed by atoms with Crippen molar-refractivity contribution in [3.05, 3.63) is 24.3 Å². The number of benzene rings is 1. The van der Waals surface area contributed by atoms with Crippen molar-refractivity contribution in [2.24, 2.45) is 0 Å². The number of carbonyl (C=O) groups is 1. The number of hydrogen-bond donors (Lipinski definition) is 3. The van der Waals surface area contributed by atoms with Crippen molar-refractivity contribution in [3.63, 3.8) is 0 Å². The van der Waals surface area contributed by atoms with E-state index in [-0.39, 0.29) is 6.03 Å². The van der Waals surface area contributed by atoms with Crippen LogP contribution in [0.3, 0.4) is 0 Å². The minimum atomic E-state index is -0.179. The van der Waals surface area contributed by atoms with Crippen molar-refractivity contribution >= 4 is 17.4 Å². The Hall–Kier alpha value is -1.71. The van der Waals surface area contributed by atoms with Crippen LogP contribution in [0.5, 0.6) is 0 Å². The fourth-order valence-corrected chi connectivity index (χ4v) is 1.37. The van der Waals surface area contributed by atoms with Crippen LogP contribution in [0.1, 0.15) is 26.2 Å². The second-order valence-electron chi connectivity index (χ2n) is 3.71. The standard InChI is InChI=1S/C12H19N3O/c1-2-3-4-8-14-12(16)15-11-7-5-6-10(13)9-11/h5-7,9H,2-4,8,13H2,1H3,(H2,14,15,16). The molecule has 88 valence electrons. The molecule has 0 aromatic heterocycles. The minimum absolute atomic E-state index is 0.179. The Morgan fingerprint density at radius 1 is 1.38 bits per heavy atom. The zero-order valence-electron chi connectivity index (χ0n) is 9.62. The van der Waals surface area contributed by atoms with Gasteiger partial charge in [0, 0.05) is 17.9 Å². The molecule has 4 N–H and O–H groups in total. The highest BCUT2D eigenvalue weighted by Gasteiger charge is 2.00. The molecule has 0 saturated heterocycles. The molecule has 1 aromatic rings. The number of urea groups is 1. The van der Waals surface area contributed by atoms with Gasteiger partial charge in [0.2, 0.25) is 0 Å². The van der Waals surface area contributed by atoms with Crippen LogP contribution < -0.4 is 16.4 Å². The third-order valence-electron chi connectivity index (χ3n) is 2.21. The molecule has 0 aliphatic carbocycles. The van der Waals surface area contributed by atoms with E-state index in [1.807, 2.05) is 12.1 Å². The number of rotatable bonds is 5. The summed E-state index contributed by atoms with van der Waals surface area (Å²) in [6.45, 7) is 2.84. The molecule has 4 heteroatoms. The first kappa shape index (κ1) is 12.4. The van der Waals surface area contributed by atoms with Gasteiger partial charge in [0.1, 0.15) is 0 Å². The maximum atomic E-state index is 11.4. The summed E-state index contributed by atoms with van der Waals surface area (Å²) in [4.78, 5) is 11.4. The van der Waals surface area contributed by atoms with E-state index in [1.54, 1.807) is 12.1 Å². The smallest absolute Gasteiger partial charge is 0.319 e. The molecule has 1 aromatic carbocycles. The first-order valence-electron chi connectivity index (χ1n) is 5.62. The van der Waals surface area contributed by atoms with Crippen LogP contribution in [0, 0.1) is 0 Å². The third kappa shape index (κ3) is 4.68. The van der Waals surface area contributed by atoms with Gasteiger partial charge < -0.3 is 16.4 Å². The van der Waals surface area contributed by atoms with Crippen LogP contribution in [-0.4, -0.2) is 12.6 Å². The van der Waals surface area contributed by atoms with Gasteiger partial charge in [-0.15, -0.1) is 0 Å². The molecular weight excluding hydrogens is 202 g/mol. The Bertz CT molecular complexity index is 339. The van der Waals surface area contributed by atoms with Crippen LogP contribution in [0.25, 0.3) is 0 Å². The topological polar surface area (TPSA) is 67.2 Å². The molecule has 0 aliphatic rings. The van der Waals surface area contributed by atoms with E-state index in [2.05, 4.69) is 17.6 Å². The number of anilines is 2. The number of unbranched alkanes of at least 4 members (excludes halogenated alkanes) is 2. The SMILES string of the molecule is CCCCCNC(=O)Nc1cccc(N)c1. The van der Waals surface area contributed by atoms with Crippen molar-refractivity contribution in [3.8, 4) is 0 Å². The lowest BCUT2D eigenvalue weighted by molar-refractivity contribution is 0.252. The maximum Gasteiger partial charge on any atom is 0.319 e. The molecule has 0 aliphatic heterocycles. The van der Waals surface area contributed by atoms with E-state index in [0.29, 0.717) is 17.9 Å². The summed E-state index contributed by atoms with van der Waals surface area (Å²) in [5.41, 5.74) is 6.96. The molecule has 0 unspecified atom stereocenters. The van der Waals surface area contributed by atoms with Gasteiger partial charge in [-0.2, -0.15) is 0 Å². The summed E-state index contributed by atoms with van der Waals surface area (Å²) in [6, 6.07) is 6.95. The van der Waals surface area contributed by atoms with E-state index in [4.69, 9.17) is 5.73 Å². The van der Waals surface area contributed by atoms with E-state index in [0.717, 1.165) is 19.3 Å². The van der Waals surface area contributed by atoms with Gasteiger partial charge in [0.15, 0.2) is 0 Å². The molecular formula is C12H19N3O. The van der Waals surface area contributed by atoms with Gasteiger partial charge >= 0.3 is 6.03 Å². The average Bonchev–Trinajstić information content (AvgIpc) is 2.24. The maximum absolute atomic E-state index is 11.4. The normalized spacial score (nSPS) is 9.81. The molecule has 0 radical (unpaired) electrons. The molecule has 2 amide bonds. The number of nitrogens with one attached hydrogen (secondary N) is 2. The Kier molecular flexibility index (Phi) is 5.19. The minimum Gasteiger partial charge on any atom is -0.399 e. The molecule has 0 fully saturated rings. The molecule has 0 atom stereocenters. The third-order valence-corrected chi connectivity index (χ3v) is 2.21. The number of amides is 2. The van der Waals surface area contributed by atoms with E-state index >= 15 is 0 Å². The monoisotopic (exact) mass is 221 g/mol. The first-order valence-corrected chi connectivity index (χ1v) is 5.62. The second-order valence-corrected chi connectivity index (χ2v) is 3.71. The van der Waals surface area contributed by atoms with Crippen LogP contribution in [0.2, 0.25) is 0 Å². The van der Waals surface area contributed by atoms with Gasteiger partial charge in [-0.05, 0) is 24.6 Å². The number of carbonyl (C=O) groups excluding carboxylic acids is 1. The van der Waals surface area contributed by atoms with Crippen LogP contribution in [-0.2, 0) is 0 Å². The number of nitrogens with two attached hydrogens (primary N) is 1. The fourth-order valence-electron chi connectivity index (χ4n) is 1.37. The molecule has 0 spiro atoms. The van der Waals surface area contributed by atoms with Gasteiger partial charge in [-0.3, -0.25) is 0 Å². The molecule has 0 heterocycles. The Morgan fingerprint density at radius 2 is 2.19 bits per heavy atom. The summed E-state index contributed by atoms with van der Waals surface area (Å²) >= 11 is 0. The Morgan fingerprint density at radius 3 is 2.88 bits per heavy atom. The predicted octanol–water partition coefficient (Wildman–Crippen LogP) is 2.58. The highest BCUT2D eigenvalue weighted by molar-refractivity contribution is 5.89. The molecule has 16 heavy (non-hydrogen) atoms. The predicted molar refractivity (Wildman–Crippen MR) is 67.4 cm³/mol. The second kappa shape index (κ2) is 6.71. The quantitative estimate of drug-likeness (QED) is 0.528. The highest BCUT2D eigenvalue weighted by Crippen LogP contribution is 2.11. The van der Waals surface area contributed by atoms with E-state index in [9.17, 15) is 4.79 Å². The zero-order chi connectivity index (χ0) is 11.8. The molecule has 0 saturated carbocycles. The van der Waals surface area contributed by atoms with E-state index < -0.39 is 0 Å². The van der Waals surface area contributed by atoms with Crippen LogP contribution >= 0.6 is 0 Å². The summed E-state index contributed by atoms with van der Waals surface area (Å²) in [5, 5.41) is 5.52. The summed E-state index contributed by atoms with van der Waals surface area (Å²) < 4.78 is 0. The fraction of sp³-hybridized carbons (Fsp3) is 0.417. The van der Waals surface area contributed by atoms with Gasteiger partial charge in [0.05, 0.1) is 0 Å². The lowest BCUT2D eigenvalue weighted by Crippen LogP contribution is -2.29. The first-order chi connectivity index (χ1) is 7.72. The zero-order valence-corrected chi connectivity index (χ0v) is 9.62. The van der Waals surface area contributed by atoms with Crippen molar-refractivity contribution in [1.29, 1.82) is 0 Å².